The zero-order valence-electron chi connectivity index (χ0n) is 17.1. The maximum Gasteiger partial charge on any atom is 0.411 e. The van der Waals surface area contributed by atoms with E-state index >= 15 is 0 Å². The van der Waals surface area contributed by atoms with E-state index in [9.17, 15) is 22.8 Å². The van der Waals surface area contributed by atoms with Crippen molar-refractivity contribution in [2.45, 2.75) is 31.8 Å². The predicted molar refractivity (Wildman–Crippen MR) is 109 cm³/mol. The van der Waals surface area contributed by atoms with Crippen LogP contribution in [0.3, 0.4) is 0 Å². The first-order chi connectivity index (χ1) is 15.1. The molecule has 0 aliphatic carbocycles. The molecule has 5 N–H and O–H groups in total. The van der Waals surface area contributed by atoms with Gasteiger partial charge in [0.05, 0.1) is 6.61 Å². The van der Waals surface area contributed by atoms with Gasteiger partial charge in [-0.25, -0.2) is 5.48 Å². The quantitative estimate of drug-likeness (QED) is 0.294. The summed E-state index contributed by atoms with van der Waals surface area (Å²) in [6, 6.07) is 11.1. The molecule has 2 unspecified atom stereocenters. The van der Waals surface area contributed by atoms with Crippen LogP contribution in [0.25, 0.3) is 0 Å². The Labute approximate surface area is 182 Å². The summed E-state index contributed by atoms with van der Waals surface area (Å²) in [7, 11) is 0. The van der Waals surface area contributed by atoms with Crippen molar-refractivity contribution in [1.29, 1.82) is 0 Å². The lowest BCUT2D eigenvalue weighted by Crippen LogP contribution is -2.54. The number of alkyl halides is 3. The zero-order valence-corrected chi connectivity index (χ0v) is 17.1. The summed E-state index contributed by atoms with van der Waals surface area (Å²) in [4.78, 5) is 23.9. The first-order valence-corrected chi connectivity index (χ1v) is 9.45. The molecule has 0 fully saturated rings. The van der Waals surface area contributed by atoms with Crippen LogP contribution >= 0.6 is 0 Å². The highest BCUT2D eigenvalue weighted by Crippen LogP contribution is 2.15. The second-order valence-corrected chi connectivity index (χ2v) is 6.92. The monoisotopic (exact) mass is 449 g/mol. The average molecular weight is 449 g/mol. The minimum Gasteiger partial charge on any atom is -0.367 e. The van der Waals surface area contributed by atoms with Gasteiger partial charge in [0.1, 0.15) is 12.6 Å². The van der Waals surface area contributed by atoms with Gasteiger partial charge in [0.2, 0.25) is 0 Å². The first-order valence-electron chi connectivity index (χ1n) is 9.45. The highest BCUT2D eigenvalue weighted by molar-refractivity contribution is 5.97. The minimum atomic E-state index is -4.36. The lowest BCUT2D eigenvalue weighted by atomic mass is 10.1. The van der Waals surface area contributed by atoms with Crippen LogP contribution in [0.1, 0.15) is 34.0 Å². The maximum absolute atomic E-state index is 12.3. The van der Waals surface area contributed by atoms with E-state index in [-0.39, 0.29) is 12.2 Å². The first kappa shape index (κ1) is 24.9. The molecule has 0 aliphatic heterocycles. The van der Waals surface area contributed by atoms with E-state index in [4.69, 9.17) is 10.9 Å². The molecule has 0 bridgehead atoms. The van der Waals surface area contributed by atoms with Gasteiger partial charge in [-0.05, 0) is 48.9 Å². The lowest BCUT2D eigenvalue weighted by molar-refractivity contribution is -0.176. The van der Waals surface area contributed by atoms with Crippen LogP contribution in [0, 0.1) is 11.8 Å². The minimum absolute atomic E-state index is 0.152. The second kappa shape index (κ2) is 11.3. The van der Waals surface area contributed by atoms with Gasteiger partial charge in [0.15, 0.2) is 0 Å². The van der Waals surface area contributed by atoms with Crippen molar-refractivity contribution in [2.75, 3.05) is 6.61 Å². The molecule has 10 heteroatoms. The van der Waals surface area contributed by atoms with Crippen LogP contribution < -0.4 is 16.5 Å². The van der Waals surface area contributed by atoms with Crippen molar-refractivity contribution >= 4 is 11.8 Å². The van der Waals surface area contributed by atoms with E-state index in [0.717, 1.165) is 0 Å². The molecular weight excluding hydrogens is 427 g/mol. The van der Waals surface area contributed by atoms with Crippen molar-refractivity contribution in [3.05, 3.63) is 70.8 Å². The Morgan fingerprint density at radius 2 is 1.59 bits per heavy atom. The van der Waals surface area contributed by atoms with E-state index in [1.54, 1.807) is 36.4 Å². The molecule has 2 aromatic rings. The molecule has 170 valence electrons. The number of carbonyl (C=O) groups excluding carboxylic acids is 2. The summed E-state index contributed by atoms with van der Waals surface area (Å²) in [6.45, 7) is 0.0601. The van der Waals surface area contributed by atoms with Crippen molar-refractivity contribution in [1.82, 2.24) is 10.8 Å². The Bertz CT molecular complexity index is 979. The van der Waals surface area contributed by atoms with Gasteiger partial charge in [-0.1, -0.05) is 24.0 Å². The summed E-state index contributed by atoms with van der Waals surface area (Å²) < 4.78 is 40.9. The number of benzene rings is 2. The topological polar surface area (TPSA) is 114 Å². The van der Waals surface area contributed by atoms with Crippen LogP contribution in [-0.4, -0.2) is 41.9 Å². The van der Waals surface area contributed by atoms with Gasteiger partial charge in [-0.15, -0.1) is 0 Å². The molecule has 0 spiro atoms. The molecule has 2 rings (SSSR count). The SMILES string of the molecule is CC(N)C(NC(=O)c1ccc(C#Cc2ccc(COCC(F)(F)F)cc2)cc1)C(=O)NO. The van der Waals surface area contributed by atoms with Gasteiger partial charge in [0.25, 0.3) is 11.8 Å². The van der Waals surface area contributed by atoms with E-state index in [0.29, 0.717) is 16.7 Å². The van der Waals surface area contributed by atoms with Crippen molar-refractivity contribution in [3.63, 3.8) is 0 Å². The average Bonchev–Trinajstić information content (AvgIpc) is 2.75. The normalized spacial score (nSPS) is 12.8. The molecule has 7 nitrogen and oxygen atoms in total. The molecule has 2 amide bonds. The molecule has 0 radical (unpaired) electrons. The molecule has 32 heavy (non-hydrogen) atoms. The number of halogens is 3. The number of rotatable bonds is 7. The number of hydrogen-bond donors (Lipinski definition) is 4. The Morgan fingerprint density at radius 3 is 2.06 bits per heavy atom. The molecular formula is C22H22F3N3O4. The van der Waals surface area contributed by atoms with Crippen LogP contribution in [0.4, 0.5) is 13.2 Å². The number of nitrogens with one attached hydrogen (secondary N) is 2. The number of carbonyl (C=O) groups is 2. The molecule has 0 saturated carbocycles. The summed E-state index contributed by atoms with van der Waals surface area (Å²) in [5, 5.41) is 11.2. The van der Waals surface area contributed by atoms with Gasteiger partial charge < -0.3 is 15.8 Å². The standard InChI is InChI=1S/C22H22F3N3O4/c1-14(26)19(21(30)28-31)27-20(29)18-10-8-16(9-11-18)3-2-15-4-6-17(7-5-15)12-32-13-22(23,24)25/h4-11,14,19,31H,12-13,26H2,1H3,(H,27,29)(H,28,30). The molecule has 0 aromatic heterocycles. The largest absolute Gasteiger partial charge is 0.411 e. The third-order valence-corrected chi connectivity index (χ3v) is 4.19. The van der Waals surface area contributed by atoms with Crippen LogP contribution in [-0.2, 0) is 16.1 Å². The summed E-state index contributed by atoms with van der Waals surface area (Å²) in [5.41, 5.74) is 9.25. The van der Waals surface area contributed by atoms with Gasteiger partial charge in [-0.3, -0.25) is 14.8 Å². The third-order valence-electron chi connectivity index (χ3n) is 4.19. The van der Waals surface area contributed by atoms with Crippen LogP contribution in [0.15, 0.2) is 48.5 Å². The lowest BCUT2D eigenvalue weighted by Gasteiger charge is -2.20. The van der Waals surface area contributed by atoms with E-state index < -0.39 is 36.7 Å². The number of amides is 2. The number of ether oxygens (including phenoxy) is 1. The Kier molecular flexibility index (Phi) is 8.78. The van der Waals surface area contributed by atoms with Crippen molar-refractivity contribution in [2.24, 2.45) is 5.73 Å². The van der Waals surface area contributed by atoms with Crippen molar-refractivity contribution in [3.8, 4) is 11.8 Å². The molecule has 2 atom stereocenters. The fourth-order valence-corrected chi connectivity index (χ4v) is 2.55. The smallest absolute Gasteiger partial charge is 0.367 e. The van der Waals surface area contributed by atoms with E-state index in [1.807, 2.05) is 0 Å². The molecule has 0 saturated heterocycles. The molecule has 0 aliphatic rings. The van der Waals surface area contributed by atoms with Gasteiger partial charge in [0, 0.05) is 22.7 Å². The Hall–Kier alpha value is -3.39. The van der Waals surface area contributed by atoms with E-state index in [2.05, 4.69) is 21.9 Å². The number of hydrogen-bond acceptors (Lipinski definition) is 5. The highest BCUT2D eigenvalue weighted by Gasteiger charge is 2.27. The number of hydroxylamine groups is 1. The van der Waals surface area contributed by atoms with Gasteiger partial charge in [-0.2, -0.15) is 13.2 Å². The molecule has 0 heterocycles. The fourth-order valence-electron chi connectivity index (χ4n) is 2.55. The maximum atomic E-state index is 12.3. The Balaban J connectivity index is 1.97. The predicted octanol–water partition coefficient (Wildman–Crippen LogP) is 2.12. The highest BCUT2D eigenvalue weighted by atomic mass is 19.4. The second-order valence-electron chi connectivity index (χ2n) is 6.92. The van der Waals surface area contributed by atoms with Gasteiger partial charge >= 0.3 is 6.18 Å². The summed E-state index contributed by atoms with van der Waals surface area (Å²) >= 11 is 0. The zero-order chi connectivity index (χ0) is 23.7. The Morgan fingerprint density at radius 1 is 1.06 bits per heavy atom. The summed E-state index contributed by atoms with van der Waals surface area (Å²) in [6.07, 6.45) is -4.36. The van der Waals surface area contributed by atoms with Crippen LogP contribution in [0.2, 0.25) is 0 Å². The van der Waals surface area contributed by atoms with Crippen molar-refractivity contribution < 1.29 is 32.7 Å². The fraction of sp³-hybridized carbons (Fsp3) is 0.273. The summed E-state index contributed by atoms with van der Waals surface area (Å²) in [5.74, 6) is 4.47. The van der Waals surface area contributed by atoms with E-state index in [1.165, 1.54) is 24.5 Å². The molecule has 2 aromatic carbocycles. The van der Waals surface area contributed by atoms with Crippen LogP contribution in [0.5, 0.6) is 0 Å². The number of nitrogens with two attached hydrogens (primary N) is 1. The third kappa shape index (κ3) is 8.03.